The fourth-order valence-electron chi connectivity index (χ4n) is 2.54. The first-order chi connectivity index (χ1) is 12.2. The molecule has 1 N–H and O–H groups in total. The lowest BCUT2D eigenvalue weighted by Gasteiger charge is -2.38. The van der Waals surface area contributed by atoms with Crippen molar-refractivity contribution in [2.45, 2.75) is 10.9 Å². The number of nitro groups is 1. The number of benzene rings is 1. The van der Waals surface area contributed by atoms with Crippen LogP contribution < -0.4 is 0 Å². The van der Waals surface area contributed by atoms with Crippen molar-refractivity contribution in [3.63, 3.8) is 0 Å². The molecular weight excluding hydrogens is 370 g/mol. The number of hydrogen-bond acceptors (Lipinski definition) is 8. The molecule has 1 aromatic carbocycles. The molecular formula is C14H17N3O8S. The second-order valence-corrected chi connectivity index (χ2v) is 7.29. The highest BCUT2D eigenvalue weighted by molar-refractivity contribution is 7.89. The van der Waals surface area contributed by atoms with Crippen LogP contribution in [0.15, 0.2) is 29.2 Å². The summed E-state index contributed by atoms with van der Waals surface area (Å²) in [6.45, 7) is -1.26. The predicted octanol–water partition coefficient (Wildman–Crippen LogP) is -1.04. The summed E-state index contributed by atoms with van der Waals surface area (Å²) in [5, 5.41) is 19.7. The number of ether oxygens (including phenoxy) is 1. The van der Waals surface area contributed by atoms with Crippen LogP contribution in [0.2, 0.25) is 0 Å². The van der Waals surface area contributed by atoms with Crippen molar-refractivity contribution in [2.75, 3.05) is 33.4 Å². The van der Waals surface area contributed by atoms with Crippen LogP contribution >= 0.6 is 0 Å². The van der Waals surface area contributed by atoms with E-state index in [9.17, 15) is 28.1 Å². The van der Waals surface area contributed by atoms with Gasteiger partial charge in [-0.1, -0.05) is 0 Å². The zero-order valence-corrected chi connectivity index (χ0v) is 14.6. The van der Waals surface area contributed by atoms with E-state index in [0.717, 1.165) is 31.4 Å². The van der Waals surface area contributed by atoms with Crippen LogP contribution in [0.1, 0.15) is 0 Å². The van der Waals surface area contributed by atoms with Gasteiger partial charge in [-0.15, -0.1) is 0 Å². The van der Waals surface area contributed by atoms with Gasteiger partial charge in [-0.25, -0.2) is 8.42 Å². The number of nitrogens with zero attached hydrogens (tertiary/aromatic N) is 3. The molecule has 0 radical (unpaired) electrons. The summed E-state index contributed by atoms with van der Waals surface area (Å²) in [5.41, 5.74) is -0.294. The molecule has 1 atom stereocenters. The summed E-state index contributed by atoms with van der Waals surface area (Å²) in [6.07, 6.45) is 0. The summed E-state index contributed by atoms with van der Waals surface area (Å²) >= 11 is 0. The zero-order chi connectivity index (χ0) is 19.5. The first-order valence-corrected chi connectivity index (χ1v) is 8.89. The highest BCUT2D eigenvalue weighted by Crippen LogP contribution is 2.24. The molecule has 1 unspecified atom stereocenters. The first kappa shape index (κ1) is 19.8. The third kappa shape index (κ3) is 3.81. The van der Waals surface area contributed by atoms with E-state index in [-0.39, 0.29) is 30.3 Å². The average molecular weight is 387 g/mol. The number of nitro benzene ring substituents is 1. The minimum atomic E-state index is -4.28. The van der Waals surface area contributed by atoms with Gasteiger partial charge in [-0.3, -0.25) is 19.7 Å². The van der Waals surface area contributed by atoms with Crippen molar-refractivity contribution >= 4 is 27.6 Å². The fraction of sp³-hybridized carbons (Fsp3) is 0.429. The number of amides is 1. The molecule has 0 aromatic heterocycles. The van der Waals surface area contributed by atoms with E-state index in [1.54, 1.807) is 0 Å². The largest absolute Gasteiger partial charge is 0.468 e. The van der Waals surface area contributed by atoms with Crippen molar-refractivity contribution in [2.24, 2.45) is 0 Å². The number of methoxy groups -OCH3 is 1. The van der Waals surface area contributed by atoms with E-state index in [2.05, 4.69) is 4.74 Å². The van der Waals surface area contributed by atoms with Crippen LogP contribution in [0.3, 0.4) is 0 Å². The second kappa shape index (κ2) is 7.76. The standard InChI is InChI=1S/C14H17N3O8S/c1-25-14(20)12-8-15(6-7-18)13(19)9-16(12)26(23,24)11-4-2-10(3-5-11)17(21)22/h2-5,12,18H,6-9H2,1H3. The maximum Gasteiger partial charge on any atom is 0.326 e. The topological polar surface area (TPSA) is 147 Å². The Hall–Kier alpha value is -2.57. The Morgan fingerprint density at radius 2 is 2.00 bits per heavy atom. The number of non-ortho nitro benzene ring substituents is 1. The van der Waals surface area contributed by atoms with Gasteiger partial charge in [0, 0.05) is 25.2 Å². The molecule has 0 aliphatic carbocycles. The Kier molecular flexibility index (Phi) is 5.90. The summed E-state index contributed by atoms with van der Waals surface area (Å²) in [7, 11) is -3.19. The van der Waals surface area contributed by atoms with Crippen LogP contribution in [-0.4, -0.2) is 78.9 Å². The molecule has 26 heavy (non-hydrogen) atoms. The summed E-state index contributed by atoms with van der Waals surface area (Å²) in [5.74, 6) is -1.43. The van der Waals surface area contributed by atoms with Gasteiger partial charge in [0.15, 0.2) is 0 Å². The molecule has 1 aromatic rings. The third-order valence-corrected chi connectivity index (χ3v) is 5.75. The monoisotopic (exact) mass is 387 g/mol. The van der Waals surface area contributed by atoms with E-state index in [4.69, 9.17) is 5.11 Å². The highest BCUT2D eigenvalue weighted by atomic mass is 32.2. The molecule has 1 aliphatic heterocycles. The first-order valence-electron chi connectivity index (χ1n) is 7.45. The molecule has 142 valence electrons. The highest BCUT2D eigenvalue weighted by Gasteiger charge is 2.43. The Bertz CT molecular complexity index is 806. The molecule has 1 heterocycles. The predicted molar refractivity (Wildman–Crippen MR) is 86.5 cm³/mol. The van der Waals surface area contributed by atoms with Gasteiger partial charge in [0.25, 0.3) is 5.69 Å². The Morgan fingerprint density at radius 3 is 2.50 bits per heavy atom. The number of rotatable bonds is 6. The maximum atomic E-state index is 12.8. The number of esters is 1. The number of piperazine rings is 1. The minimum absolute atomic E-state index is 0.0439. The van der Waals surface area contributed by atoms with Gasteiger partial charge in [-0.05, 0) is 12.1 Å². The molecule has 1 fully saturated rings. The molecule has 0 bridgehead atoms. The van der Waals surface area contributed by atoms with Crippen molar-refractivity contribution < 1.29 is 32.8 Å². The van der Waals surface area contributed by atoms with Gasteiger partial charge in [0.05, 0.1) is 30.1 Å². The van der Waals surface area contributed by atoms with Crippen molar-refractivity contribution in [1.82, 2.24) is 9.21 Å². The number of aliphatic hydroxyl groups is 1. The molecule has 11 nitrogen and oxygen atoms in total. The molecule has 1 saturated heterocycles. The van der Waals surface area contributed by atoms with Crippen LogP contribution in [-0.2, 0) is 24.3 Å². The van der Waals surface area contributed by atoms with Gasteiger partial charge in [-0.2, -0.15) is 4.31 Å². The van der Waals surface area contributed by atoms with E-state index in [1.165, 1.54) is 4.90 Å². The molecule has 0 spiro atoms. The number of aliphatic hydroxyl groups excluding tert-OH is 1. The number of β-amino-alcohol motifs (C(OH)–C–C–N with tert-alkyl or cyclic N) is 1. The lowest BCUT2D eigenvalue weighted by atomic mass is 10.2. The Labute approximate surface area is 149 Å². The number of hydrogen-bond donors (Lipinski definition) is 1. The lowest BCUT2D eigenvalue weighted by Crippen LogP contribution is -2.61. The van der Waals surface area contributed by atoms with Crippen LogP contribution in [0.4, 0.5) is 5.69 Å². The maximum absolute atomic E-state index is 12.8. The lowest BCUT2D eigenvalue weighted by molar-refractivity contribution is -0.384. The van der Waals surface area contributed by atoms with Crippen LogP contribution in [0.25, 0.3) is 0 Å². The fourth-order valence-corrected chi connectivity index (χ4v) is 4.06. The summed E-state index contributed by atoms with van der Waals surface area (Å²) in [4.78, 5) is 35.1. The number of sulfonamides is 1. The van der Waals surface area contributed by atoms with Gasteiger partial charge in [0.2, 0.25) is 15.9 Å². The van der Waals surface area contributed by atoms with E-state index >= 15 is 0 Å². The Balaban J connectivity index is 2.39. The van der Waals surface area contributed by atoms with E-state index in [0.29, 0.717) is 4.31 Å². The van der Waals surface area contributed by atoms with Crippen LogP contribution in [0.5, 0.6) is 0 Å². The Morgan fingerprint density at radius 1 is 1.38 bits per heavy atom. The third-order valence-electron chi connectivity index (χ3n) is 3.88. The normalized spacial score (nSPS) is 18.6. The molecule has 12 heteroatoms. The van der Waals surface area contributed by atoms with Crippen molar-refractivity contribution in [3.05, 3.63) is 34.4 Å². The van der Waals surface area contributed by atoms with Gasteiger partial charge in [0.1, 0.15) is 6.04 Å². The smallest absolute Gasteiger partial charge is 0.326 e. The molecule has 1 aliphatic rings. The van der Waals surface area contributed by atoms with Crippen molar-refractivity contribution in [1.29, 1.82) is 0 Å². The van der Waals surface area contributed by atoms with Crippen molar-refractivity contribution in [3.8, 4) is 0 Å². The summed E-state index contributed by atoms with van der Waals surface area (Å²) in [6, 6.07) is 2.82. The zero-order valence-electron chi connectivity index (χ0n) is 13.8. The van der Waals surface area contributed by atoms with E-state index in [1.807, 2.05) is 0 Å². The number of carbonyl (C=O) groups excluding carboxylic acids is 2. The van der Waals surface area contributed by atoms with Gasteiger partial charge >= 0.3 is 5.97 Å². The quantitative estimate of drug-likeness (QED) is 0.370. The minimum Gasteiger partial charge on any atom is -0.468 e. The molecule has 2 rings (SSSR count). The SMILES string of the molecule is COC(=O)C1CN(CCO)C(=O)CN1S(=O)(=O)c1ccc([N+](=O)[O-])cc1. The molecule has 1 amide bonds. The van der Waals surface area contributed by atoms with Crippen LogP contribution in [0, 0.1) is 10.1 Å². The average Bonchev–Trinajstić information content (AvgIpc) is 2.62. The second-order valence-electron chi connectivity index (χ2n) is 5.40. The summed E-state index contributed by atoms with van der Waals surface area (Å²) < 4.78 is 31.0. The van der Waals surface area contributed by atoms with E-state index < -0.39 is 39.4 Å². The molecule has 0 saturated carbocycles. The van der Waals surface area contributed by atoms with Gasteiger partial charge < -0.3 is 14.7 Å². The number of carbonyl (C=O) groups is 2.